The lowest BCUT2D eigenvalue weighted by molar-refractivity contribution is -0.122. The molecule has 0 saturated carbocycles. The van der Waals surface area contributed by atoms with E-state index in [2.05, 4.69) is 9.97 Å². The lowest BCUT2D eigenvalue weighted by Gasteiger charge is -2.12. The predicted octanol–water partition coefficient (Wildman–Crippen LogP) is 2.68. The van der Waals surface area contributed by atoms with Crippen molar-refractivity contribution in [3.63, 3.8) is 0 Å². The highest BCUT2D eigenvalue weighted by atomic mass is 35.5. The van der Waals surface area contributed by atoms with Gasteiger partial charge in [-0.1, -0.05) is 11.6 Å². The number of carbonyl (C=O) groups is 3. The molecule has 120 valence electrons. The second kappa shape index (κ2) is 5.98. The van der Waals surface area contributed by atoms with Gasteiger partial charge in [0.1, 0.15) is 5.69 Å². The summed E-state index contributed by atoms with van der Waals surface area (Å²) in [5.41, 5.74) is 1.69. The minimum atomic E-state index is -0.547. The Morgan fingerprint density at radius 2 is 1.92 bits per heavy atom. The molecule has 0 N–H and O–H groups in total. The number of amides is 2. The van der Waals surface area contributed by atoms with Crippen LogP contribution in [0.15, 0.2) is 36.8 Å². The van der Waals surface area contributed by atoms with Crippen molar-refractivity contribution in [3.8, 4) is 0 Å². The summed E-state index contributed by atoms with van der Waals surface area (Å²) in [4.78, 5) is 45.3. The van der Waals surface area contributed by atoms with Crippen LogP contribution in [0.2, 0.25) is 0 Å². The standard InChI is InChI=1S/C17H12ClN3O3/c1-9(22)11-3-4-14-12(7-11)15(17(24)21(14)10(2)23)16(18)13-8-19-5-6-20-13/h3-8H,1-2H3/b16-15-. The van der Waals surface area contributed by atoms with Crippen LogP contribution in [0.5, 0.6) is 0 Å². The van der Waals surface area contributed by atoms with Crippen LogP contribution in [0.3, 0.4) is 0 Å². The fourth-order valence-electron chi connectivity index (χ4n) is 2.55. The van der Waals surface area contributed by atoms with Crippen LogP contribution in [0.1, 0.15) is 35.5 Å². The van der Waals surface area contributed by atoms with Gasteiger partial charge in [0.05, 0.1) is 22.5 Å². The highest BCUT2D eigenvalue weighted by molar-refractivity contribution is 6.60. The molecular formula is C17H12ClN3O3. The molecular weight excluding hydrogens is 330 g/mol. The van der Waals surface area contributed by atoms with Crippen molar-refractivity contribution in [3.05, 3.63) is 53.6 Å². The second-order valence-corrected chi connectivity index (χ2v) is 5.61. The maximum Gasteiger partial charge on any atom is 0.267 e. The summed E-state index contributed by atoms with van der Waals surface area (Å²) in [7, 11) is 0. The molecule has 0 saturated heterocycles. The van der Waals surface area contributed by atoms with Crippen LogP contribution in [0.25, 0.3) is 10.6 Å². The third kappa shape index (κ3) is 2.51. The monoisotopic (exact) mass is 341 g/mol. The summed E-state index contributed by atoms with van der Waals surface area (Å²) in [5.74, 6) is -1.13. The Morgan fingerprint density at radius 3 is 2.50 bits per heavy atom. The summed E-state index contributed by atoms with van der Waals surface area (Å²) in [6.45, 7) is 2.72. The number of aromatic nitrogens is 2. The van der Waals surface area contributed by atoms with Gasteiger partial charge in [-0.25, -0.2) is 4.90 Å². The quantitative estimate of drug-likeness (QED) is 0.619. The van der Waals surface area contributed by atoms with Crippen molar-refractivity contribution < 1.29 is 14.4 Å². The molecule has 0 radical (unpaired) electrons. The number of imide groups is 1. The molecule has 24 heavy (non-hydrogen) atoms. The first-order chi connectivity index (χ1) is 11.4. The van der Waals surface area contributed by atoms with Crippen LogP contribution in [-0.2, 0) is 9.59 Å². The number of rotatable bonds is 2. The molecule has 0 atom stereocenters. The third-order valence-electron chi connectivity index (χ3n) is 3.65. The first-order valence-electron chi connectivity index (χ1n) is 7.08. The fraction of sp³-hybridized carbons (Fsp3) is 0.118. The van der Waals surface area contributed by atoms with Gasteiger partial charge in [0.15, 0.2) is 5.78 Å². The largest absolute Gasteiger partial charge is 0.295 e. The molecule has 1 aromatic carbocycles. The molecule has 2 heterocycles. The first kappa shape index (κ1) is 16.0. The average Bonchev–Trinajstić information content (AvgIpc) is 2.86. The molecule has 3 rings (SSSR count). The number of nitrogens with zero attached hydrogens (tertiary/aromatic N) is 3. The van der Waals surface area contributed by atoms with Crippen molar-refractivity contribution in [2.75, 3.05) is 4.90 Å². The van der Waals surface area contributed by atoms with E-state index in [9.17, 15) is 14.4 Å². The smallest absolute Gasteiger partial charge is 0.267 e. The van der Waals surface area contributed by atoms with E-state index in [0.717, 1.165) is 4.90 Å². The first-order valence-corrected chi connectivity index (χ1v) is 7.46. The predicted molar refractivity (Wildman–Crippen MR) is 89.3 cm³/mol. The van der Waals surface area contributed by atoms with Crippen molar-refractivity contribution in [2.24, 2.45) is 0 Å². The van der Waals surface area contributed by atoms with Gasteiger partial charge in [-0.05, 0) is 25.1 Å². The van der Waals surface area contributed by atoms with Crippen LogP contribution in [0.4, 0.5) is 5.69 Å². The number of carbonyl (C=O) groups excluding carboxylic acids is 3. The molecule has 7 heteroatoms. The Morgan fingerprint density at radius 1 is 1.17 bits per heavy atom. The lowest BCUT2D eigenvalue weighted by Crippen LogP contribution is -2.31. The average molecular weight is 342 g/mol. The van der Waals surface area contributed by atoms with E-state index >= 15 is 0 Å². The van der Waals surface area contributed by atoms with E-state index in [-0.39, 0.29) is 16.4 Å². The minimum absolute atomic E-state index is 0.0822. The molecule has 0 fully saturated rings. The Hall–Kier alpha value is -2.86. The van der Waals surface area contributed by atoms with E-state index < -0.39 is 11.8 Å². The van der Waals surface area contributed by atoms with Crippen LogP contribution in [-0.4, -0.2) is 27.6 Å². The number of halogens is 1. The fourth-order valence-corrected chi connectivity index (χ4v) is 2.83. The lowest BCUT2D eigenvalue weighted by atomic mass is 10.0. The number of Topliss-reactive ketones (excluding diaryl/α,β-unsaturated/α-hetero) is 1. The van der Waals surface area contributed by atoms with E-state index in [1.54, 1.807) is 18.2 Å². The maximum absolute atomic E-state index is 12.7. The summed E-state index contributed by atoms with van der Waals surface area (Å²) in [6.07, 6.45) is 4.36. The highest BCUT2D eigenvalue weighted by Crippen LogP contribution is 2.42. The van der Waals surface area contributed by atoms with Crippen molar-refractivity contribution in [1.82, 2.24) is 9.97 Å². The van der Waals surface area contributed by atoms with E-state index in [1.165, 1.54) is 32.4 Å². The minimum Gasteiger partial charge on any atom is -0.295 e. The normalized spacial score (nSPS) is 15.3. The zero-order valence-electron chi connectivity index (χ0n) is 12.9. The van der Waals surface area contributed by atoms with Crippen molar-refractivity contribution in [2.45, 2.75) is 13.8 Å². The highest BCUT2D eigenvalue weighted by Gasteiger charge is 2.37. The molecule has 0 spiro atoms. The summed E-state index contributed by atoms with van der Waals surface area (Å²) in [5, 5.41) is 0.0822. The molecule has 6 nitrogen and oxygen atoms in total. The van der Waals surface area contributed by atoms with Gasteiger partial charge >= 0.3 is 0 Å². The molecule has 0 bridgehead atoms. The van der Waals surface area contributed by atoms with Crippen molar-refractivity contribution in [1.29, 1.82) is 0 Å². The molecule has 1 aliphatic rings. The number of benzene rings is 1. The second-order valence-electron chi connectivity index (χ2n) is 5.23. The Kier molecular flexibility index (Phi) is 3.99. The molecule has 1 aromatic heterocycles. The topological polar surface area (TPSA) is 80.2 Å². The van der Waals surface area contributed by atoms with Gasteiger partial charge in [-0.15, -0.1) is 0 Å². The van der Waals surface area contributed by atoms with E-state index in [0.29, 0.717) is 22.5 Å². The van der Waals surface area contributed by atoms with Crippen LogP contribution < -0.4 is 4.90 Å². The van der Waals surface area contributed by atoms with E-state index in [1.807, 2.05) is 0 Å². The molecule has 2 amide bonds. The van der Waals surface area contributed by atoms with E-state index in [4.69, 9.17) is 11.6 Å². The Balaban J connectivity index is 2.29. The summed E-state index contributed by atoms with van der Waals surface area (Å²) < 4.78 is 0. The van der Waals surface area contributed by atoms with Gasteiger partial charge < -0.3 is 0 Å². The Labute approximate surface area is 142 Å². The Bertz CT molecular complexity index is 907. The molecule has 0 unspecified atom stereocenters. The molecule has 0 aliphatic carbocycles. The zero-order chi connectivity index (χ0) is 17.4. The van der Waals surface area contributed by atoms with Gasteiger partial charge in [-0.3, -0.25) is 24.4 Å². The van der Waals surface area contributed by atoms with Gasteiger partial charge in [0.2, 0.25) is 5.91 Å². The number of hydrogen-bond donors (Lipinski definition) is 0. The molecule has 2 aromatic rings. The maximum atomic E-state index is 12.7. The van der Waals surface area contributed by atoms with Crippen LogP contribution >= 0.6 is 11.6 Å². The zero-order valence-corrected chi connectivity index (χ0v) is 13.7. The summed E-state index contributed by atoms with van der Waals surface area (Å²) in [6, 6.07) is 4.70. The van der Waals surface area contributed by atoms with Crippen molar-refractivity contribution >= 4 is 45.5 Å². The number of fused-ring (bicyclic) bond motifs is 1. The summed E-state index contributed by atoms with van der Waals surface area (Å²) >= 11 is 6.37. The van der Waals surface area contributed by atoms with Crippen LogP contribution in [0, 0.1) is 0 Å². The molecule has 1 aliphatic heterocycles. The van der Waals surface area contributed by atoms with Gasteiger partial charge in [-0.2, -0.15) is 0 Å². The number of ketones is 1. The number of hydrogen-bond acceptors (Lipinski definition) is 5. The van der Waals surface area contributed by atoms with Gasteiger partial charge in [0, 0.05) is 30.4 Å². The number of anilines is 1. The third-order valence-corrected chi connectivity index (χ3v) is 4.04. The SMILES string of the molecule is CC(=O)c1ccc2c(c1)/C(=C(/Cl)c1cnccn1)C(=O)N2C(C)=O. The van der Waals surface area contributed by atoms with Gasteiger partial charge in [0.25, 0.3) is 5.91 Å².